The van der Waals surface area contributed by atoms with Gasteiger partial charge in [0.25, 0.3) is 0 Å². The normalized spacial score (nSPS) is 16.2. The van der Waals surface area contributed by atoms with E-state index in [2.05, 4.69) is 4.90 Å². The fourth-order valence-corrected chi connectivity index (χ4v) is 4.56. The molecule has 176 valence electrons. The molecule has 0 amide bonds. The second kappa shape index (κ2) is 10.7. The molecule has 1 aliphatic rings. The summed E-state index contributed by atoms with van der Waals surface area (Å²) >= 11 is 0. The number of aromatic carboxylic acids is 1. The van der Waals surface area contributed by atoms with E-state index in [1.165, 1.54) is 6.26 Å². The quantitative estimate of drug-likeness (QED) is 0.596. The number of likely N-dealkylation sites (N-methyl/N-ethyl adjacent to an activating group) is 1. The van der Waals surface area contributed by atoms with Crippen LogP contribution < -0.4 is 4.90 Å². The van der Waals surface area contributed by atoms with Crippen LogP contribution in [0, 0.1) is 0 Å². The number of carboxylic acid groups (broad SMARTS) is 1. The predicted molar refractivity (Wildman–Crippen MR) is 128 cm³/mol. The molecule has 0 bridgehead atoms. The molecule has 7 nitrogen and oxygen atoms in total. The number of carboxylic acids is 1. The highest BCUT2D eigenvalue weighted by Crippen LogP contribution is 2.26. The van der Waals surface area contributed by atoms with E-state index >= 15 is 0 Å². The number of carbonyl (C=O) groups is 1. The van der Waals surface area contributed by atoms with E-state index in [0.29, 0.717) is 24.3 Å². The van der Waals surface area contributed by atoms with E-state index in [1.54, 1.807) is 36.4 Å². The Morgan fingerprint density at radius 3 is 2.12 bits per heavy atom. The number of hydrogen-bond acceptors (Lipinski definition) is 6. The van der Waals surface area contributed by atoms with Gasteiger partial charge >= 0.3 is 5.97 Å². The molecule has 0 radical (unpaired) electrons. The van der Waals surface area contributed by atoms with Gasteiger partial charge in [0.15, 0.2) is 9.84 Å². The molecule has 0 unspecified atom stereocenters. The van der Waals surface area contributed by atoms with Gasteiger partial charge in [-0.25, -0.2) is 13.2 Å². The van der Waals surface area contributed by atoms with Crippen molar-refractivity contribution in [1.82, 2.24) is 4.90 Å². The molecular formula is C23H31ClN2O5S. The fourth-order valence-electron chi connectivity index (χ4n) is 3.93. The molecule has 0 saturated carbocycles. The lowest BCUT2D eigenvalue weighted by molar-refractivity contribution is -0.0137. The first kappa shape index (κ1) is 26.1. The van der Waals surface area contributed by atoms with Crippen LogP contribution in [0.25, 0.3) is 0 Å². The molecule has 32 heavy (non-hydrogen) atoms. The molecule has 0 aliphatic carbocycles. The van der Waals surface area contributed by atoms with Gasteiger partial charge in [-0.1, -0.05) is 12.1 Å². The van der Waals surface area contributed by atoms with Gasteiger partial charge in [-0.15, -0.1) is 12.4 Å². The first-order valence-electron chi connectivity index (χ1n) is 10.3. The van der Waals surface area contributed by atoms with Crippen LogP contribution in [0.2, 0.25) is 0 Å². The predicted octanol–water partition coefficient (Wildman–Crippen LogP) is 2.72. The van der Waals surface area contributed by atoms with Crippen molar-refractivity contribution in [3.05, 3.63) is 59.7 Å². The smallest absolute Gasteiger partial charge is 0.335 e. The molecule has 0 aromatic heterocycles. The molecule has 0 atom stereocenters. The first-order valence-corrected chi connectivity index (χ1v) is 12.2. The van der Waals surface area contributed by atoms with Gasteiger partial charge < -0.3 is 20.0 Å². The van der Waals surface area contributed by atoms with Crippen molar-refractivity contribution >= 4 is 33.9 Å². The van der Waals surface area contributed by atoms with Gasteiger partial charge in [0.1, 0.15) is 0 Å². The summed E-state index contributed by atoms with van der Waals surface area (Å²) in [6.45, 7) is 2.94. The molecule has 2 N–H and O–H groups in total. The Bertz CT molecular complexity index is 1000. The van der Waals surface area contributed by atoms with Gasteiger partial charge in [-0.3, -0.25) is 0 Å². The SMILES string of the molecule is CN(CC1(O)CCN(CCc2ccc(S(C)(=O)=O)cc2)CC1)c1ccc(C(=O)O)cc1.Cl. The highest BCUT2D eigenvalue weighted by molar-refractivity contribution is 7.90. The Labute approximate surface area is 196 Å². The Balaban J connectivity index is 0.00000363. The Morgan fingerprint density at radius 1 is 1.06 bits per heavy atom. The third-order valence-electron chi connectivity index (χ3n) is 5.94. The standard InChI is InChI=1S/C23H30N2O5S.ClH/c1-24(20-7-5-19(6-8-20)22(26)27)17-23(28)12-15-25(16-13-23)14-11-18-3-9-21(10-4-18)31(2,29)30;/h3-10,28H,11-17H2,1-2H3,(H,26,27);1H. The van der Waals surface area contributed by atoms with Crippen molar-refractivity contribution in [3.8, 4) is 0 Å². The van der Waals surface area contributed by atoms with Crippen LogP contribution in [0.1, 0.15) is 28.8 Å². The largest absolute Gasteiger partial charge is 0.478 e. The number of piperidine rings is 1. The van der Waals surface area contributed by atoms with E-state index in [4.69, 9.17) is 5.11 Å². The van der Waals surface area contributed by atoms with Crippen LogP contribution in [-0.4, -0.2) is 74.6 Å². The zero-order valence-corrected chi connectivity index (χ0v) is 20.0. The fraction of sp³-hybridized carbons (Fsp3) is 0.435. The topological polar surface area (TPSA) is 98.2 Å². The van der Waals surface area contributed by atoms with Gasteiger partial charge in [0.2, 0.25) is 0 Å². The highest BCUT2D eigenvalue weighted by Gasteiger charge is 2.33. The van der Waals surface area contributed by atoms with E-state index in [1.807, 2.05) is 24.1 Å². The van der Waals surface area contributed by atoms with Gasteiger partial charge in [0.05, 0.1) is 16.1 Å². The monoisotopic (exact) mass is 482 g/mol. The summed E-state index contributed by atoms with van der Waals surface area (Å²) in [7, 11) is -1.27. The third-order valence-corrected chi connectivity index (χ3v) is 7.07. The Morgan fingerprint density at radius 2 is 1.62 bits per heavy atom. The van der Waals surface area contributed by atoms with Crippen molar-refractivity contribution in [2.75, 3.05) is 44.4 Å². The molecule has 0 spiro atoms. The molecule has 1 heterocycles. The maximum absolute atomic E-state index is 11.6. The second-order valence-electron chi connectivity index (χ2n) is 8.44. The summed E-state index contributed by atoms with van der Waals surface area (Å²) in [5, 5.41) is 20.1. The van der Waals surface area contributed by atoms with Gasteiger partial charge in [-0.2, -0.15) is 0 Å². The summed E-state index contributed by atoms with van der Waals surface area (Å²) in [6.07, 6.45) is 3.37. The van der Waals surface area contributed by atoms with Crippen molar-refractivity contribution in [3.63, 3.8) is 0 Å². The number of likely N-dealkylation sites (tertiary alicyclic amines) is 1. The summed E-state index contributed by atoms with van der Waals surface area (Å²) < 4.78 is 23.1. The summed E-state index contributed by atoms with van der Waals surface area (Å²) in [5.41, 5.74) is 1.43. The Kier molecular flexibility index (Phi) is 8.70. The van der Waals surface area contributed by atoms with Crippen LogP contribution in [0.5, 0.6) is 0 Å². The number of sulfone groups is 1. The van der Waals surface area contributed by atoms with Crippen molar-refractivity contribution in [2.24, 2.45) is 0 Å². The lowest BCUT2D eigenvalue weighted by Gasteiger charge is -2.40. The van der Waals surface area contributed by atoms with E-state index in [-0.39, 0.29) is 18.0 Å². The zero-order valence-electron chi connectivity index (χ0n) is 18.4. The van der Waals surface area contributed by atoms with Crippen LogP contribution in [0.15, 0.2) is 53.4 Å². The van der Waals surface area contributed by atoms with Gasteiger partial charge in [-0.05, 0) is 61.2 Å². The number of anilines is 1. The number of halogens is 1. The maximum atomic E-state index is 11.6. The van der Waals surface area contributed by atoms with E-state index in [9.17, 15) is 18.3 Å². The minimum Gasteiger partial charge on any atom is -0.478 e. The first-order chi connectivity index (χ1) is 14.6. The molecule has 1 fully saturated rings. The number of nitrogens with zero attached hydrogens (tertiary/aromatic N) is 2. The maximum Gasteiger partial charge on any atom is 0.335 e. The van der Waals surface area contributed by atoms with Crippen LogP contribution in [0.4, 0.5) is 5.69 Å². The summed E-state index contributed by atoms with van der Waals surface area (Å²) in [4.78, 5) is 15.6. The van der Waals surface area contributed by atoms with Gasteiger partial charge in [0, 0.05) is 45.2 Å². The molecule has 3 rings (SSSR count). The summed E-state index contributed by atoms with van der Waals surface area (Å²) in [6, 6.07) is 13.7. The molecule has 9 heteroatoms. The molecule has 2 aromatic carbocycles. The lowest BCUT2D eigenvalue weighted by Crippen LogP contribution is -2.50. The number of benzene rings is 2. The molecule has 1 saturated heterocycles. The number of rotatable bonds is 8. The van der Waals surface area contributed by atoms with Crippen molar-refractivity contribution < 1.29 is 23.4 Å². The Hall–Kier alpha value is -2.13. The summed E-state index contributed by atoms with van der Waals surface area (Å²) in [5.74, 6) is -0.952. The lowest BCUT2D eigenvalue weighted by atomic mass is 9.90. The number of aliphatic hydroxyl groups is 1. The average Bonchev–Trinajstić information content (AvgIpc) is 2.73. The second-order valence-corrected chi connectivity index (χ2v) is 10.5. The molecule has 2 aromatic rings. The molecular weight excluding hydrogens is 452 g/mol. The van der Waals surface area contributed by atoms with E-state index < -0.39 is 21.4 Å². The van der Waals surface area contributed by atoms with Crippen molar-refractivity contribution in [1.29, 1.82) is 0 Å². The minimum atomic E-state index is -3.17. The minimum absolute atomic E-state index is 0. The van der Waals surface area contributed by atoms with Crippen LogP contribution in [-0.2, 0) is 16.3 Å². The zero-order chi connectivity index (χ0) is 22.6. The van der Waals surface area contributed by atoms with Crippen LogP contribution >= 0.6 is 12.4 Å². The van der Waals surface area contributed by atoms with E-state index in [0.717, 1.165) is 37.3 Å². The highest BCUT2D eigenvalue weighted by atomic mass is 35.5. The van der Waals surface area contributed by atoms with Crippen molar-refractivity contribution in [2.45, 2.75) is 29.8 Å². The average molecular weight is 483 g/mol. The molecule has 1 aliphatic heterocycles. The van der Waals surface area contributed by atoms with Crippen LogP contribution in [0.3, 0.4) is 0 Å². The number of hydrogen-bond donors (Lipinski definition) is 2. The third kappa shape index (κ3) is 6.93.